The van der Waals surface area contributed by atoms with Gasteiger partial charge in [-0.2, -0.15) is 0 Å². The number of aromatic hydroxyl groups is 1. The van der Waals surface area contributed by atoms with Crippen LogP contribution in [0, 0.1) is 5.82 Å². The molecule has 2 rings (SSSR count). The van der Waals surface area contributed by atoms with Gasteiger partial charge in [-0.25, -0.2) is 4.39 Å². The van der Waals surface area contributed by atoms with Crippen LogP contribution in [0.5, 0.6) is 5.75 Å². The van der Waals surface area contributed by atoms with Crippen LogP contribution in [-0.4, -0.2) is 16.1 Å². The molecule has 0 unspecified atom stereocenters. The standard InChI is InChI=1S/C15H14FNO3/c16-14-7-12(19)4-5-13(14)15(20)17-8-10-2-1-3-11(6-10)9-18/h1-7,18-19H,8-9H2,(H,17,20). The number of aliphatic hydroxyl groups excluding tert-OH is 1. The maximum atomic E-state index is 13.5. The number of halogens is 1. The van der Waals surface area contributed by atoms with Gasteiger partial charge in [0.15, 0.2) is 0 Å². The normalized spacial score (nSPS) is 10.3. The number of phenolic OH excluding ortho intramolecular Hbond substituents is 1. The number of hydrogen-bond donors (Lipinski definition) is 3. The molecule has 3 N–H and O–H groups in total. The van der Waals surface area contributed by atoms with Gasteiger partial charge in [0, 0.05) is 12.6 Å². The summed E-state index contributed by atoms with van der Waals surface area (Å²) in [6, 6.07) is 10.5. The van der Waals surface area contributed by atoms with Gasteiger partial charge < -0.3 is 15.5 Å². The van der Waals surface area contributed by atoms with Gasteiger partial charge in [-0.3, -0.25) is 4.79 Å². The van der Waals surface area contributed by atoms with Gasteiger partial charge in [-0.15, -0.1) is 0 Å². The zero-order chi connectivity index (χ0) is 14.5. The number of nitrogens with one attached hydrogen (secondary N) is 1. The number of rotatable bonds is 4. The van der Waals surface area contributed by atoms with Crippen LogP contribution in [-0.2, 0) is 13.2 Å². The third-order valence-corrected chi connectivity index (χ3v) is 2.82. The minimum atomic E-state index is -0.772. The summed E-state index contributed by atoms with van der Waals surface area (Å²) in [6.45, 7) is 0.154. The number of benzene rings is 2. The topological polar surface area (TPSA) is 69.6 Å². The molecule has 0 saturated heterocycles. The Morgan fingerprint density at radius 2 is 1.90 bits per heavy atom. The first-order valence-electron chi connectivity index (χ1n) is 6.05. The van der Waals surface area contributed by atoms with E-state index < -0.39 is 11.7 Å². The second-order valence-corrected chi connectivity index (χ2v) is 4.32. The molecule has 0 saturated carbocycles. The van der Waals surface area contributed by atoms with Crippen molar-refractivity contribution in [1.29, 1.82) is 0 Å². The zero-order valence-corrected chi connectivity index (χ0v) is 10.6. The van der Waals surface area contributed by atoms with Crippen LogP contribution in [0.3, 0.4) is 0 Å². The summed E-state index contributed by atoms with van der Waals surface area (Å²) in [6.07, 6.45) is 0. The largest absolute Gasteiger partial charge is 0.508 e. The summed E-state index contributed by atoms with van der Waals surface area (Å²) in [7, 11) is 0. The molecule has 0 aliphatic rings. The van der Waals surface area contributed by atoms with Crippen LogP contribution in [0.15, 0.2) is 42.5 Å². The first-order chi connectivity index (χ1) is 9.60. The molecule has 0 radical (unpaired) electrons. The molecular weight excluding hydrogens is 261 g/mol. The van der Waals surface area contributed by atoms with E-state index in [1.54, 1.807) is 24.3 Å². The number of carbonyl (C=O) groups is 1. The van der Waals surface area contributed by atoms with Crippen molar-refractivity contribution in [3.8, 4) is 5.75 Å². The number of hydrogen-bond acceptors (Lipinski definition) is 3. The van der Waals surface area contributed by atoms with Crippen LogP contribution >= 0.6 is 0 Å². The molecule has 4 nitrogen and oxygen atoms in total. The highest BCUT2D eigenvalue weighted by Gasteiger charge is 2.11. The zero-order valence-electron chi connectivity index (χ0n) is 10.6. The van der Waals surface area contributed by atoms with Crippen LogP contribution in [0.4, 0.5) is 4.39 Å². The number of aliphatic hydroxyl groups is 1. The predicted octanol–water partition coefficient (Wildman–Crippen LogP) is 1.95. The molecule has 104 valence electrons. The van der Waals surface area contributed by atoms with Gasteiger partial charge >= 0.3 is 0 Å². The quantitative estimate of drug-likeness (QED) is 0.798. The molecule has 0 heterocycles. The van der Waals surface area contributed by atoms with Crippen molar-refractivity contribution in [3.05, 3.63) is 65.0 Å². The SMILES string of the molecule is O=C(NCc1cccc(CO)c1)c1ccc(O)cc1F. The highest BCUT2D eigenvalue weighted by Crippen LogP contribution is 2.15. The Labute approximate surface area is 115 Å². The molecule has 0 bridgehead atoms. The molecular formula is C15H14FNO3. The lowest BCUT2D eigenvalue weighted by atomic mass is 10.1. The van der Waals surface area contributed by atoms with Crippen molar-refractivity contribution in [2.75, 3.05) is 0 Å². The van der Waals surface area contributed by atoms with Gasteiger partial charge in [0.2, 0.25) is 0 Å². The molecule has 0 atom stereocenters. The van der Waals surface area contributed by atoms with Gasteiger partial charge in [-0.05, 0) is 23.3 Å². The van der Waals surface area contributed by atoms with Crippen LogP contribution < -0.4 is 5.32 Å². The van der Waals surface area contributed by atoms with Crippen molar-refractivity contribution >= 4 is 5.91 Å². The number of phenols is 1. The summed E-state index contributed by atoms with van der Waals surface area (Å²) in [5.74, 6) is -1.56. The molecule has 0 aliphatic heterocycles. The van der Waals surface area contributed by atoms with E-state index >= 15 is 0 Å². The first-order valence-corrected chi connectivity index (χ1v) is 6.05. The predicted molar refractivity (Wildman–Crippen MR) is 71.6 cm³/mol. The molecule has 1 amide bonds. The lowest BCUT2D eigenvalue weighted by molar-refractivity contribution is 0.0947. The van der Waals surface area contributed by atoms with E-state index in [1.807, 2.05) is 0 Å². The fourth-order valence-electron chi connectivity index (χ4n) is 1.80. The Bertz CT molecular complexity index is 628. The highest BCUT2D eigenvalue weighted by molar-refractivity contribution is 5.94. The second kappa shape index (κ2) is 6.16. The molecule has 2 aromatic rings. The first kappa shape index (κ1) is 14.0. The van der Waals surface area contributed by atoms with E-state index in [1.165, 1.54) is 12.1 Å². The molecule has 0 fully saturated rings. The van der Waals surface area contributed by atoms with E-state index in [0.717, 1.165) is 17.2 Å². The smallest absolute Gasteiger partial charge is 0.254 e. The Balaban J connectivity index is 2.04. The van der Waals surface area contributed by atoms with Gasteiger partial charge in [0.25, 0.3) is 5.91 Å². The molecule has 5 heteroatoms. The van der Waals surface area contributed by atoms with Crippen molar-refractivity contribution in [2.24, 2.45) is 0 Å². The van der Waals surface area contributed by atoms with Crippen LogP contribution in [0.2, 0.25) is 0 Å². The Morgan fingerprint density at radius 3 is 2.60 bits per heavy atom. The van der Waals surface area contributed by atoms with Gasteiger partial charge in [-0.1, -0.05) is 24.3 Å². The monoisotopic (exact) mass is 275 g/mol. The Kier molecular flexibility index (Phi) is 4.32. The molecule has 0 spiro atoms. The maximum Gasteiger partial charge on any atom is 0.254 e. The fraction of sp³-hybridized carbons (Fsp3) is 0.133. The van der Waals surface area contributed by atoms with E-state index in [0.29, 0.717) is 0 Å². The van der Waals surface area contributed by atoms with Gasteiger partial charge in [0.1, 0.15) is 11.6 Å². The average molecular weight is 275 g/mol. The van der Waals surface area contributed by atoms with Crippen molar-refractivity contribution in [2.45, 2.75) is 13.2 Å². The summed E-state index contributed by atoms with van der Waals surface area (Å²) in [4.78, 5) is 11.8. The minimum Gasteiger partial charge on any atom is -0.508 e. The highest BCUT2D eigenvalue weighted by atomic mass is 19.1. The lowest BCUT2D eigenvalue weighted by Crippen LogP contribution is -2.23. The molecule has 0 aromatic heterocycles. The molecule has 20 heavy (non-hydrogen) atoms. The number of amides is 1. The summed E-state index contributed by atoms with van der Waals surface area (Å²) >= 11 is 0. The van der Waals surface area contributed by atoms with E-state index in [2.05, 4.69) is 5.32 Å². The molecule has 2 aromatic carbocycles. The van der Waals surface area contributed by atoms with Crippen molar-refractivity contribution in [1.82, 2.24) is 5.32 Å². The maximum absolute atomic E-state index is 13.5. The van der Waals surface area contributed by atoms with E-state index in [9.17, 15) is 9.18 Å². The average Bonchev–Trinajstić information content (AvgIpc) is 2.45. The summed E-state index contributed by atoms with van der Waals surface area (Å²) < 4.78 is 13.5. The second-order valence-electron chi connectivity index (χ2n) is 4.32. The van der Waals surface area contributed by atoms with Crippen molar-refractivity contribution in [3.63, 3.8) is 0 Å². The van der Waals surface area contributed by atoms with Crippen LogP contribution in [0.25, 0.3) is 0 Å². The summed E-state index contributed by atoms with van der Waals surface area (Å²) in [5, 5.41) is 20.7. The third kappa shape index (κ3) is 3.33. The van der Waals surface area contributed by atoms with E-state index in [-0.39, 0.29) is 24.5 Å². The lowest BCUT2D eigenvalue weighted by Gasteiger charge is -2.07. The van der Waals surface area contributed by atoms with E-state index in [4.69, 9.17) is 10.2 Å². The number of carbonyl (C=O) groups excluding carboxylic acids is 1. The van der Waals surface area contributed by atoms with Gasteiger partial charge in [0.05, 0.1) is 12.2 Å². The minimum absolute atomic E-state index is 0.0750. The Morgan fingerprint density at radius 1 is 1.15 bits per heavy atom. The fourth-order valence-corrected chi connectivity index (χ4v) is 1.80. The van der Waals surface area contributed by atoms with Crippen molar-refractivity contribution < 1.29 is 19.4 Å². The summed E-state index contributed by atoms with van der Waals surface area (Å²) in [5.41, 5.74) is 1.43. The Hall–Kier alpha value is -2.40. The third-order valence-electron chi connectivity index (χ3n) is 2.82. The molecule has 0 aliphatic carbocycles. The van der Waals surface area contributed by atoms with Crippen LogP contribution in [0.1, 0.15) is 21.5 Å².